The van der Waals surface area contributed by atoms with Crippen LogP contribution in [0.25, 0.3) is 0 Å². The third-order valence-electron chi connectivity index (χ3n) is 2.75. The van der Waals surface area contributed by atoms with E-state index in [9.17, 15) is 0 Å². The van der Waals surface area contributed by atoms with Crippen LogP contribution < -0.4 is 14.8 Å². The molecule has 0 aliphatic rings. The number of nitrogens with one attached hydrogen (secondary N) is 1. The van der Waals surface area contributed by atoms with Gasteiger partial charge < -0.3 is 24.6 Å². The van der Waals surface area contributed by atoms with Gasteiger partial charge in [-0.15, -0.1) is 0 Å². The van der Waals surface area contributed by atoms with Gasteiger partial charge in [0.1, 0.15) is 0 Å². The van der Waals surface area contributed by atoms with Crippen LogP contribution >= 0.6 is 15.9 Å². The summed E-state index contributed by atoms with van der Waals surface area (Å²) < 4.78 is 17.6. The smallest absolute Gasteiger partial charge is 0.162 e. The van der Waals surface area contributed by atoms with Crippen molar-refractivity contribution in [1.82, 2.24) is 5.32 Å². The summed E-state index contributed by atoms with van der Waals surface area (Å²) in [5.74, 6) is 1.51. The molecular formula is C16H26BrNO4. The van der Waals surface area contributed by atoms with Gasteiger partial charge in [-0.25, -0.2) is 0 Å². The molecule has 0 saturated heterocycles. The van der Waals surface area contributed by atoms with E-state index >= 15 is 0 Å². The molecule has 1 aromatic carbocycles. The van der Waals surface area contributed by atoms with Gasteiger partial charge in [-0.2, -0.15) is 0 Å². The van der Waals surface area contributed by atoms with E-state index in [1.165, 1.54) is 0 Å². The van der Waals surface area contributed by atoms with Crippen LogP contribution in [-0.2, 0) is 11.3 Å². The first-order chi connectivity index (χ1) is 10.6. The summed E-state index contributed by atoms with van der Waals surface area (Å²) >= 11 is 3.58. The highest BCUT2D eigenvalue weighted by atomic mass is 79.9. The van der Waals surface area contributed by atoms with Crippen molar-refractivity contribution in [3.63, 3.8) is 0 Å². The first-order valence-electron chi connectivity index (χ1n) is 7.59. The van der Waals surface area contributed by atoms with E-state index in [4.69, 9.17) is 19.3 Å². The summed E-state index contributed by atoms with van der Waals surface area (Å²) in [6.07, 6.45) is 0.0961. The average Bonchev–Trinajstić information content (AvgIpc) is 2.46. The molecule has 1 rings (SSSR count). The van der Waals surface area contributed by atoms with Crippen LogP contribution in [0.3, 0.4) is 0 Å². The van der Waals surface area contributed by atoms with E-state index in [1.807, 2.05) is 32.9 Å². The number of hydrogen-bond acceptors (Lipinski definition) is 5. The number of ether oxygens (including phenoxy) is 3. The number of aliphatic hydroxyl groups is 1. The van der Waals surface area contributed by atoms with Crippen LogP contribution in [-0.4, -0.2) is 44.2 Å². The van der Waals surface area contributed by atoms with Gasteiger partial charge in [0.05, 0.1) is 32.5 Å². The zero-order valence-corrected chi connectivity index (χ0v) is 15.1. The van der Waals surface area contributed by atoms with Crippen molar-refractivity contribution in [2.45, 2.75) is 33.4 Å². The number of halogens is 1. The lowest BCUT2D eigenvalue weighted by Gasteiger charge is -2.17. The van der Waals surface area contributed by atoms with Gasteiger partial charge in [0.2, 0.25) is 0 Å². The topological polar surface area (TPSA) is 60.0 Å². The minimum Gasteiger partial charge on any atom is -0.490 e. The van der Waals surface area contributed by atoms with Crippen LogP contribution in [0.5, 0.6) is 11.5 Å². The molecule has 0 atom stereocenters. The fourth-order valence-electron chi connectivity index (χ4n) is 1.86. The lowest BCUT2D eigenvalue weighted by molar-refractivity contribution is 0.0938. The van der Waals surface area contributed by atoms with Crippen molar-refractivity contribution in [3.8, 4) is 11.5 Å². The Morgan fingerprint density at radius 3 is 2.64 bits per heavy atom. The molecule has 0 unspecified atom stereocenters. The number of benzene rings is 1. The van der Waals surface area contributed by atoms with E-state index in [1.54, 1.807) is 0 Å². The first-order valence-corrected chi connectivity index (χ1v) is 8.39. The average molecular weight is 376 g/mol. The Bertz CT molecular complexity index is 440. The molecule has 0 fully saturated rings. The first kappa shape index (κ1) is 19.2. The lowest BCUT2D eigenvalue weighted by atomic mass is 10.2. The minimum atomic E-state index is 0.0561. The molecule has 0 radical (unpaired) electrons. The molecule has 0 bridgehead atoms. The number of hydrogen-bond donors (Lipinski definition) is 2. The van der Waals surface area contributed by atoms with E-state index < -0.39 is 0 Å². The van der Waals surface area contributed by atoms with Gasteiger partial charge >= 0.3 is 0 Å². The number of rotatable bonds is 11. The zero-order valence-electron chi connectivity index (χ0n) is 13.5. The highest BCUT2D eigenvalue weighted by Crippen LogP contribution is 2.34. The Morgan fingerprint density at radius 1 is 1.23 bits per heavy atom. The predicted molar refractivity (Wildman–Crippen MR) is 90.7 cm³/mol. The van der Waals surface area contributed by atoms with Crippen molar-refractivity contribution in [3.05, 3.63) is 22.2 Å². The van der Waals surface area contributed by atoms with E-state index in [0.717, 1.165) is 28.1 Å². The number of aliphatic hydroxyl groups excluding tert-OH is 1. The Hall–Kier alpha value is -0.820. The highest BCUT2D eigenvalue weighted by molar-refractivity contribution is 9.10. The normalized spacial score (nSPS) is 11.0. The second-order valence-electron chi connectivity index (χ2n) is 5.00. The fraction of sp³-hybridized carbons (Fsp3) is 0.625. The molecule has 2 N–H and O–H groups in total. The molecular weight excluding hydrogens is 350 g/mol. The summed E-state index contributed by atoms with van der Waals surface area (Å²) in [5.41, 5.74) is 1.10. The second kappa shape index (κ2) is 10.8. The summed E-state index contributed by atoms with van der Waals surface area (Å²) in [6, 6.07) is 3.94. The molecule has 1 aromatic rings. The third-order valence-corrected chi connectivity index (χ3v) is 3.49. The largest absolute Gasteiger partial charge is 0.490 e. The third kappa shape index (κ3) is 6.96. The molecule has 0 heterocycles. The molecule has 6 heteroatoms. The fourth-order valence-corrected chi connectivity index (χ4v) is 2.32. The van der Waals surface area contributed by atoms with E-state index in [-0.39, 0.29) is 12.7 Å². The van der Waals surface area contributed by atoms with Crippen molar-refractivity contribution >= 4 is 15.9 Å². The summed E-state index contributed by atoms with van der Waals surface area (Å²) in [6.45, 7) is 8.96. The van der Waals surface area contributed by atoms with E-state index in [0.29, 0.717) is 26.4 Å². The quantitative estimate of drug-likeness (QED) is 0.582. The molecule has 0 aromatic heterocycles. The monoisotopic (exact) mass is 375 g/mol. The van der Waals surface area contributed by atoms with Gasteiger partial charge in [-0.05, 0) is 38.5 Å². The molecule has 126 valence electrons. The van der Waals surface area contributed by atoms with Crippen molar-refractivity contribution in [2.24, 2.45) is 0 Å². The van der Waals surface area contributed by atoms with Crippen molar-refractivity contribution in [1.29, 1.82) is 0 Å². The maximum absolute atomic E-state index is 8.63. The van der Waals surface area contributed by atoms with Gasteiger partial charge in [-0.1, -0.05) is 15.9 Å². The lowest BCUT2D eigenvalue weighted by Crippen LogP contribution is -2.20. The Labute approximate surface area is 141 Å². The van der Waals surface area contributed by atoms with Gasteiger partial charge in [0, 0.05) is 17.6 Å². The van der Waals surface area contributed by atoms with Crippen LogP contribution in [0, 0.1) is 0 Å². The maximum Gasteiger partial charge on any atom is 0.162 e. The van der Waals surface area contributed by atoms with Gasteiger partial charge in [0.25, 0.3) is 0 Å². The van der Waals surface area contributed by atoms with Crippen LogP contribution in [0.1, 0.15) is 26.3 Å². The van der Waals surface area contributed by atoms with Crippen molar-refractivity contribution < 1.29 is 19.3 Å². The van der Waals surface area contributed by atoms with E-state index in [2.05, 4.69) is 21.2 Å². The zero-order chi connectivity index (χ0) is 16.4. The summed E-state index contributed by atoms with van der Waals surface area (Å²) in [7, 11) is 0. The highest BCUT2D eigenvalue weighted by Gasteiger charge is 2.12. The molecule has 22 heavy (non-hydrogen) atoms. The maximum atomic E-state index is 8.63. The minimum absolute atomic E-state index is 0.0561. The molecule has 0 aliphatic carbocycles. The Morgan fingerprint density at radius 2 is 2.00 bits per heavy atom. The molecule has 0 aliphatic heterocycles. The van der Waals surface area contributed by atoms with Crippen LogP contribution in [0.15, 0.2) is 16.6 Å². The predicted octanol–water partition coefficient (Wildman–Crippen LogP) is 2.73. The second-order valence-corrected chi connectivity index (χ2v) is 5.86. The molecule has 0 saturated carbocycles. The SMILES string of the molecule is CCOc1cc(CNCCOCCO)c(Br)cc1OC(C)C. The van der Waals surface area contributed by atoms with Gasteiger partial charge in [0.15, 0.2) is 11.5 Å². The summed E-state index contributed by atoms with van der Waals surface area (Å²) in [5, 5.41) is 11.9. The van der Waals surface area contributed by atoms with Crippen LogP contribution in [0.4, 0.5) is 0 Å². The summed E-state index contributed by atoms with van der Waals surface area (Å²) in [4.78, 5) is 0. The molecule has 0 spiro atoms. The van der Waals surface area contributed by atoms with Crippen LogP contribution in [0.2, 0.25) is 0 Å². The Kier molecular flexibility index (Phi) is 9.47. The standard InChI is InChI=1S/C16H26BrNO4/c1-4-21-15-9-13(11-18-5-7-20-8-6-19)14(17)10-16(15)22-12(2)3/h9-10,12,18-19H,4-8,11H2,1-3H3. The molecule has 5 nitrogen and oxygen atoms in total. The Balaban J connectivity index is 2.64. The van der Waals surface area contributed by atoms with Crippen molar-refractivity contribution in [2.75, 3.05) is 33.0 Å². The molecule has 0 amide bonds. The van der Waals surface area contributed by atoms with Gasteiger partial charge in [-0.3, -0.25) is 0 Å².